The van der Waals surface area contributed by atoms with Crippen molar-refractivity contribution in [2.24, 2.45) is 0 Å². The minimum atomic E-state index is -3.70. The van der Waals surface area contributed by atoms with Gasteiger partial charge in [0.15, 0.2) is 0 Å². The summed E-state index contributed by atoms with van der Waals surface area (Å²) in [5.41, 5.74) is 1.66. The maximum absolute atomic E-state index is 13.3. The number of aromatic nitrogens is 2. The van der Waals surface area contributed by atoms with Crippen molar-refractivity contribution in [1.29, 1.82) is 0 Å². The predicted molar refractivity (Wildman–Crippen MR) is 114 cm³/mol. The van der Waals surface area contributed by atoms with Crippen LogP contribution in [0, 0.1) is 0 Å². The molecular weight excluding hydrogens is 418 g/mol. The molecule has 3 aromatic rings. The highest BCUT2D eigenvalue weighted by Gasteiger charge is 2.34. The van der Waals surface area contributed by atoms with E-state index in [1.165, 1.54) is 11.4 Å². The Morgan fingerprint density at radius 2 is 1.84 bits per heavy atom. The molecule has 2 heterocycles. The lowest BCUT2D eigenvalue weighted by Crippen LogP contribution is -2.38. The van der Waals surface area contributed by atoms with Gasteiger partial charge in [0.05, 0.1) is 13.7 Å². The van der Waals surface area contributed by atoms with Crippen LogP contribution in [0.4, 0.5) is 0 Å². The van der Waals surface area contributed by atoms with Crippen molar-refractivity contribution in [3.63, 3.8) is 0 Å². The summed E-state index contributed by atoms with van der Waals surface area (Å²) in [5, 5.41) is 4.08. The first-order chi connectivity index (χ1) is 15.0. The first-order valence-corrected chi connectivity index (χ1v) is 11.5. The number of nitrogens with zero attached hydrogens (tertiary/aromatic N) is 3. The smallest absolute Gasteiger partial charge is 0.246 e. The van der Waals surface area contributed by atoms with Crippen molar-refractivity contribution >= 4 is 10.0 Å². The van der Waals surface area contributed by atoms with E-state index in [0.717, 1.165) is 11.1 Å². The highest BCUT2D eigenvalue weighted by atomic mass is 32.2. The molecule has 0 bridgehead atoms. The normalized spacial score (nSPS) is 15.8. The summed E-state index contributed by atoms with van der Waals surface area (Å²) in [6.07, 6.45) is 1.21. The summed E-state index contributed by atoms with van der Waals surface area (Å²) < 4.78 is 44.0. The van der Waals surface area contributed by atoms with Crippen LogP contribution in [-0.2, 0) is 21.4 Å². The molecule has 164 valence electrons. The van der Waals surface area contributed by atoms with Gasteiger partial charge in [-0.15, -0.1) is 0 Å². The third kappa shape index (κ3) is 4.48. The Morgan fingerprint density at radius 3 is 2.52 bits per heavy atom. The Morgan fingerprint density at radius 1 is 1.10 bits per heavy atom. The van der Waals surface area contributed by atoms with Crippen LogP contribution < -0.4 is 4.74 Å². The van der Waals surface area contributed by atoms with Crippen LogP contribution >= 0.6 is 0 Å². The minimum absolute atomic E-state index is 0.0260. The van der Waals surface area contributed by atoms with Crippen LogP contribution in [0.3, 0.4) is 0 Å². The molecule has 0 radical (unpaired) electrons. The summed E-state index contributed by atoms with van der Waals surface area (Å²) in [5.74, 6) is 1.45. The van der Waals surface area contributed by atoms with E-state index in [0.29, 0.717) is 50.0 Å². The van der Waals surface area contributed by atoms with Gasteiger partial charge in [0.2, 0.25) is 21.7 Å². The van der Waals surface area contributed by atoms with E-state index in [2.05, 4.69) is 10.1 Å². The standard InChI is InChI=1S/C22H25N3O5S/c1-28-15-16-8-9-19(29-2)20(14-16)31(26,27)25-12-10-18(11-13-25)22-23-21(24-30-22)17-6-4-3-5-7-17/h3-9,14,18H,10-13,15H2,1-2H3. The summed E-state index contributed by atoms with van der Waals surface area (Å²) in [4.78, 5) is 4.69. The Hall–Kier alpha value is -2.75. The molecule has 31 heavy (non-hydrogen) atoms. The lowest BCUT2D eigenvalue weighted by atomic mass is 9.98. The average molecular weight is 444 g/mol. The zero-order valence-electron chi connectivity index (χ0n) is 17.5. The zero-order valence-corrected chi connectivity index (χ0v) is 18.3. The van der Waals surface area contributed by atoms with Gasteiger partial charge in [-0.3, -0.25) is 0 Å². The SMILES string of the molecule is COCc1ccc(OC)c(S(=O)(=O)N2CCC(c3nc(-c4ccccc4)no3)CC2)c1. The lowest BCUT2D eigenvalue weighted by molar-refractivity contribution is 0.184. The third-order valence-electron chi connectivity index (χ3n) is 5.43. The molecule has 0 unspecified atom stereocenters. The fourth-order valence-electron chi connectivity index (χ4n) is 3.77. The van der Waals surface area contributed by atoms with Gasteiger partial charge in [0.1, 0.15) is 10.6 Å². The van der Waals surface area contributed by atoms with Crippen LogP contribution in [-0.4, -0.2) is 50.2 Å². The first kappa shape index (κ1) is 21.5. The average Bonchev–Trinajstić information content (AvgIpc) is 3.30. The molecule has 1 fully saturated rings. The van der Waals surface area contributed by atoms with Crippen LogP contribution in [0.15, 0.2) is 57.9 Å². The predicted octanol–water partition coefficient (Wildman–Crippen LogP) is 3.46. The lowest BCUT2D eigenvalue weighted by Gasteiger charge is -2.30. The number of benzene rings is 2. The second-order valence-corrected chi connectivity index (χ2v) is 9.33. The Labute approximate surface area is 181 Å². The number of hydrogen-bond acceptors (Lipinski definition) is 7. The molecular formula is C22H25N3O5S. The molecule has 1 aromatic heterocycles. The largest absolute Gasteiger partial charge is 0.495 e. The Bertz CT molecular complexity index is 1120. The van der Waals surface area contributed by atoms with E-state index >= 15 is 0 Å². The van der Waals surface area contributed by atoms with Crippen LogP contribution in [0.5, 0.6) is 5.75 Å². The van der Waals surface area contributed by atoms with E-state index in [9.17, 15) is 8.42 Å². The highest BCUT2D eigenvalue weighted by Crippen LogP contribution is 2.34. The van der Waals surface area contributed by atoms with Gasteiger partial charge < -0.3 is 14.0 Å². The van der Waals surface area contributed by atoms with Crippen molar-refractivity contribution in [2.75, 3.05) is 27.3 Å². The fraction of sp³-hybridized carbons (Fsp3) is 0.364. The van der Waals surface area contributed by atoms with Crippen molar-refractivity contribution in [3.8, 4) is 17.1 Å². The monoisotopic (exact) mass is 443 g/mol. The van der Waals surface area contributed by atoms with E-state index in [1.807, 2.05) is 30.3 Å². The van der Waals surface area contributed by atoms with Crippen molar-refractivity contribution in [1.82, 2.24) is 14.4 Å². The Balaban J connectivity index is 1.49. The molecule has 0 spiro atoms. The van der Waals surface area contributed by atoms with E-state index < -0.39 is 10.0 Å². The third-order valence-corrected chi connectivity index (χ3v) is 7.35. The molecule has 0 atom stereocenters. The van der Waals surface area contributed by atoms with Gasteiger partial charge in [0.25, 0.3) is 0 Å². The maximum atomic E-state index is 13.3. The fourth-order valence-corrected chi connectivity index (χ4v) is 5.44. The van der Waals surface area contributed by atoms with E-state index in [-0.39, 0.29) is 10.8 Å². The second-order valence-electron chi connectivity index (χ2n) is 7.42. The zero-order chi connectivity index (χ0) is 21.8. The first-order valence-electron chi connectivity index (χ1n) is 10.1. The second kappa shape index (κ2) is 9.17. The van der Waals surface area contributed by atoms with E-state index in [4.69, 9.17) is 14.0 Å². The van der Waals surface area contributed by atoms with Gasteiger partial charge in [-0.25, -0.2) is 8.42 Å². The molecule has 4 rings (SSSR count). The number of sulfonamides is 1. The number of piperidine rings is 1. The maximum Gasteiger partial charge on any atom is 0.246 e. The van der Waals surface area contributed by atoms with Gasteiger partial charge >= 0.3 is 0 Å². The van der Waals surface area contributed by atoms with Crippen molar-refractivity contribution in [3.05, 3.63) is 60.0 Å². The molecule has 1 aliphatic rings. The van der Waals surface area contributed by atoms with Crippen LogP contribution in [0.1, 0.15) is 30.2 Å². The van der Waals surface area contributed by atoms with Gasteiger partial charge in [-0.2, -0.15) is 9.29 Å². The summed E-state index contributed by atoms with van der Waals surface area (Å²) >= 11 is 0. The number of ether oxygens (including phenoxy) is 2. The molecule has 2 aromatic carbocycles. The Kier molecular flexibility index (Phi) is 6.35. The van der Waals surface area contributed by atoms with Gasteiger partial charge in [0, 0.05) is 31.7 Å². The molecule has 0 aliphatic carbocycles. The van der Waals surface area contributed by atoms with Gasteiger partial charge in [-0.1, -0.05) is 41.6 Å². The topological polar surface area (TPSA) is 94.8 Å². The number of rotatable bonds is 7. The van der Waals surface area contributed by atoms with Crippen LogP contribution in [0.25, 0.3) is 11.4 Å². The molecule has 9 heteroatoms. The van der Waals surface area contributed by atoms with Crippen LogP contribution in [0.2, 0.25) is 0 Å². The molecule has 0 saturated carbocycles. The molecule has 0 amide bonds. The summed E-state index contributed by atoms with van der Waals surface area (Å²) in [6.45, 7) is 1.07. The van der Waals surface area contributed by atoms with Crippen molar-refractivity contribution < 1.29 is 22.4 Å². The minimum Gasteiger partial charge on any atom is -0.495 e. The molecule has 1 saturated heterocycles. The van der Waals surface area contributed by atoms with E-state index in [1.54, 1.807) is 25.3 Å². The quantitative estimate of drug-likeness (QED) is 0.552. The van der Waals surface area contributed by atoms with Gasteiger partial charge in [-0.05, 0) is 30.5 Å². The summed E-state index contributed by atoms with van der Waals surface area (Å²) in [6, 6.07) is 14.7. The summed E-state index contributed by atoms with van der Waals surface area (Å²) in [7, 11) is -0.661. The molecule has 8 nitrogen and oxygen atoms in total. The number of hydrogen-bond donors (Lipinski definition) is 0. The molecule has 0 N–H and O–H groups in total. The van der Waals surface area contributed by atoms with Crippen molar-refractivity contribution in [2.45, 2.75) is 30.3 Å². The highest BCUT2D eigenvalue weighted by molar-refractivity contribution is 7.89. The molecule has 1 aliphatic heterocycles. The number of methoxy groups -OCH3 is 2.